The first kappa shape index (κ1) is 19.9. The summed E-state index contributed by atoms with van der Waals surface area (Å²) in [7, 11) is 0. The van der Waals surface area contributed by atoms with E-state index >= 15 is 0 Å². The zero-order chi connectivity index (χ0) is 15.9. The van der Waals surface area contributed by atoms with Crippen molar-refractivity contribution in [3.63, 3.8) is 0 Å². The molecule has 0 spiro atoms. The number of thioether (sulfide) groups is 1. The fourth-order valence-corrected chi connectivity index (χ4v) is 4.13. The predicted octanol–water partition coefficient (Wildman–Crippen LogP) is 4.48. The van der Waals surface area contributed by atoms with Crippen LogP contribution in [0.25, 0.3) is 0 Å². The van der Waals surface area contributed by atoms with E-state index in [1.54, 1.807) is 0 Å². The van der Waals surface area contributed by atoms with Crippen LogP contribution in [0.15, 0.2) is 40.2 Å². The van der Waals surface area contributed by atoms with Gasteiger partial charge in [0.05, 0.1) is 0 Å². The van der Waals surface area contributed by atoms with Crippen LogP contribution in [-0.2, 0) is 0 Å². The molecule has 2 fully saturated rings. The normalized spacial score (nSPS) is 20.8. The van der Waals surface area contributed by atoms with Crippen LogP contribution in [0.1, 0.15) is 32.6 Å². The molecule has 0 radical (unpaired) electrons. The highest BCUT2D eigenvalue weighted by Crippen LogP contribution is 2.32. The topological polar surface area (TPSA) is 27.6 Å². The highest BCUT2D eigenvalue weighted by Gasteiger charge is 2.25. The van der Waals surface area contributed by atoms with Crippen LogP contribution in [-0.4, -0.2) is 42.8 Å². The lowest BCUT2D eigenvalue weighted by atomic mass is 10.2. The van der Waals surface area contributed by atoms with Crippen molar-refractivity contribution in [2.75, 3.05) is 31.9 Å². The molecule has 0 aromatic heterocycles. The first-order valence-corrected chi connectivity index (χ1v) is 10.0. The molecule has 0 amide bonds. The maximum absolute atomic E-state index is 4.85. The first-order valence-electron chi connectivity index (χ1n) is 9.06. The van der Waals surface area contributed by atoms with Crippen LogP contribution in [0.2, 0.25) is 0 Å². The van der Waals surface area contributed by atoms with E-state index in [4.69, 9.17) is 4.99 Å². The van der Waals surface area contributed by atoms with Gasteiger partial charge < -0.3 is 10.2 Å². The third-order valence-electron chi connectivity index (χ3n) is 4.65. The number of likely N-dealkylation sites (tertiary alicyclic amines) is 1. The quantitative estimate of drug-likeness (QED) is 0.282. The predicted molar refractivity (Wildman–Crippen MR) is 116 cm³/mol. The van der Waals surface area contributed by atoms with E-state index in [-0.39, 0.29) is 24.0 Å². The van der Waals surface area contributed by atoms with Crippen molar-refractivity contribution in [3.8, 4) is 0 Å². The molecule has 0 bridgehead atoms. The van der Waals surface area contributed by atoms with Crippen molar-refractivity contribution in [1.29, 1.82) is 0 Å². The molecule has 1 aromatic rings. The molecule has 1 aliphatic carbocycles. The Labute approximate surface area is 168 Å². The Balaban J connectivity index is 0.00000208. The van der Waals surface area contributed by atoms with Gasteiger partial charge in [0.15, 0.2) is 5.96 Å². The summed E-state index contributed by atoms with van der Waals surface area (Å²) in [4.78, 5) is 8.70. The highest BCUT2D eigenvalue weighted by atomic mass is 127. The van der Waals surface area contributed by atoms with Gasteiger partial charge in [0.25, 0.3) is 0 Å². The maximum atomic E-state index is 4.85. The van der Waals surface area contributed by atoms with Crippen molar-refractivity contribution in [3.05, 3.63) is 30.3 Å². The molecule has 1 unspecified atom stereocenters. The van der Waals surface area contributed by atoms with Gasteiger partial charge in [-0.05, 0) is 43.7 Å². The molecule has 2 aliphatic rings. The second-order valence-electron chi connectivity index (χ2n) is 6.69. The Hall–Kier alpha value is -0.430. The van der Waals surface area contributed by atoms with Crippen molar-refractivity contribution in [2.45, 2.75) is 37.5 Å². The van der Waals surface area contributed by atoms with Gasteiger partial charge >= 0.3 is 0 Å². The zero-order valence-electron chi connectivity index (χ0n) is 14.6. The molecule has 1 saturated heterocycles. The average Bonchev–Trinajstić information content (AvgIpc) is 3.29. The van der Waals surface area contributed by atoms with Crippen molar-refractivity contribution < 1.29 is 0 Å². The summed E-state index contributed by atoms with van der Waals surface area (Å²) in [5, 5.41) is 3.48. The van der Waals surface area contributed by atoms with E-state index < -0.39 is 0 Å². The van der Waals surface area contributed by atoms with Crippen LogP contribution in [0, 0.1) is 11.8 Å². The molecule has 1 atom stereocenters. The SMILES string of the molecule is CCNC(=NCCC1CC1)N1CCC(CSc2ccccc2)C1.I. The van der Waals surface area contributed by atoms with Crippen LogP contribution in [0.5, 0.6) is 0 Å². The van der Waals surface area contributed by atoms with Gasteiger partial charge in [0.1, 0.15) is 0 Å². The summed E-state index contributed by atoms with van der Waals surface area (Å²) in [5.74, 6) is 4.09. The molecule has 1 heterocycles. The molecule has 24 heavy (non-hydrogen) atoms. The number of nitrogens with zero attached hydrogens (tertiary/aromatic N) is 2. The number of guanidine groups is 1. The summed E-state index contributed by atoms with van der Waals surface area (Å²) >= 11 is 1.99. The van der Waals surface area contributed by atoms with Gasteiger partial charge in [-0.3, -0.25) is 4.99 Å². The fourth-order valence-electron chi connectivity index (χ4n) is 3.08. The molecular formula is C19H30IN3S. The van der Waals surface area contributed by atoms with Gasteiger partial charge in [0.2, 0.25) is 0 Å². The Morgan fingerprint density at radius 3 is 2.71 bits per heavy atom. The molecule has 3 rings (SSSR count). The van der Waals surface area contributed by atoms with Crippen molar-refractivity contribution in [1.82, 2.24) is 10.2 Å². The van der Waals surface area contributed by atoms with Gasteiger partial charge in [-0.25, -0.2) is 0 Å². The standard InChI is InChI=1S/C19H29N3S.HI/c1-2-20-19(21-12-10-16-8-9-16)22-13-11-17(14-22)15-23-18-6-4-3-5-7-18;/h3-7,16-17H,2,8-15H2,1H3,(H,20,21);1H. The summed E-state index contributed by atoms with van der Waals surface area (Å²) in [6.45, 7) is 6.41. The van der Waals surface area contributed by atoms with Gasteiger partial charge in [-0.1, -0.05) is 31.0 Å². The van der Waals surface area contributed by atoms with Gasteiger partial charge in [-0.2, -0.15) is 0 Å². The molecule has 5 heteroatoms. The molecule has 1 aromatic carbocycles. The van der Waals surface area contributed by atoms with Crippen molar-refractivity contribution in [2.24, 2.45) is 16.8 Å². The minimum atomic E-state index is 0. The molecule has 3 nitrogen and oxygen atoms in total. The molecule has 1 N–H and O–H groups in total. The summed E-state index contributed by atoms with van der Waals surface area (Å²) in [6, 6.07) is 10.8. The van der Waals surface area contributed by atoms with E-state index in [0.29, 0.717) is 0 Å². The largest absolute Gasteiger partial charge is 0.357 e. The van der Waals surface area contributed by atoms with Crippen LogP contribution in [0.4, 0.5) is 0 Å². The van der Waals surface area contributed by atoms with E-state index in [1.165, 1.54) is 36.3 Å². The molecule has 134 valence electrons. The summed E-state index contributed by atoms with van der Waals surface area (Å²) < 4.78 is 0. The van der Waals surface area contributed by atoms with Gasteiger partial charge in [0, 0.05) is 36.8 Å². The van der Waals surface area contributed by atoms with E-state index in [1.807, 2.05) is 11.8 Å². The summed E-state index contributed by atoms with van der Waals surface area (Å²) in [5.41, 5.74) is 0. The maximum Gasteiger partial charge on any atom is 0.193 e. The molecule has 1 aliphatic heterocycles. The number of rotatable bonds is 7. The van der Waals surface area contributed by atoms with E-state index in [2.05, 4.69) is 47.5 Å². The number of hydrogen-bond acceptors (Lipinski definition) is 2. The number of aliphatic imine (C=N–C) groups is 1. The third-order valence-corrected chi connectivity index (χ3v) is 5.89. The minimum Gasteiger partial charge on any atom is -0.357 e. The zero-order valence-corrected chi connectivity index (χ0v) is 17.8. The number of benzene rings is 1. The Morgan fingerprint density at radius 2 is 2.00 bits per heavy atom. The second kappa shape index (κ2) is 10.5. The number of hydrogen-bond donors (Lipinski definition) is 1. The monoisotopic (exact) mass is 459 g/mol. The highest BCUT2D eigenvalue weighted by molar-refractivity contribution is 14.0. The smallest absolute Gasteiger partial charge is 0.193 e. The molecular weight excluding hydrogens is 429 g/mol. The Bertz CT molecular complexity index is 505. The minimum absolute atomic E-state index is 0. The number of nitrogens with one attached hydrogen (secondary N) is 1. The Kier molecular flexibility index (Phi) is 8.73. The van der Waals surface area contributed by atoms with Crippen LogP contribution >= 0.6 is 35.7 Å². The third kappa shape index (κ3) is 6.47. The Morgan fingerprint density at radius 1 is 1.21 bits per heavy atom. The lowest BCUT2D eigenvalue weighted by molar-refractivity contribution is 0.473. The lowest BCUT2D eigenvalue weighted by Gasteiger charge is -2.21. The lowest BCUT2D eigenvalue weighted by Crippen LogP contribution is -2.40. The van der Waals surface area contributed by atoms with Gasteiger partial charge in [-0.15, -0.1) is 35.7 Å². The molecule has 1 saturated carbocycles. The second-order valence-corrected chi connectivity index (χ2v) is 7.79. The summed E-state index contributed by atoms with van der Waals surface area (Å²) in [6.07, 6.45) is 5.41. The fraction of sp³-hybridized carbons (Fsp3) is 0.632. The average molecular weight is 459 g/mol. The van der Waals surface area contributed by atoms with E-state index in [0.717, 1.165) is 44.0 Å². The van der Waals surface area contributed by atoms with E-state index in [9.17, 15) is 0 Å². The van der Waals surface area contributed by atoms with Crippen LogP contribution < -0.4 is 5.32 Å². The van der Waals surface area contributed by atoms with Crippen LogP contribution in [0.3, 0.4) is 0 Å². The number of halogens is 1. The van der Waals surface area contributed by atoms with Crippen molar-refractivity contribution >= 4 is 41.7 Å². The first-order chi connectivity index (χ1) is 11.3.